The number of hydrogen-bond donors (Lipinski definition) is 1. The second kappa shape index (κ2) is 5.11. The number of methoxy groups -OCH3 is 1. The van der Waals surface area contributed by atoms with Gasteiger partial charge in [-0.3, -0.25) is 0 Å². The van der Waals surface area contributed by atoms with Gasteiger partial charge in [-0.1, -0.05) is 12.1 Å². The third kappa shape index (κ3) is 2.81. The third-order valence-corrected chi connectivity index (χ3v) is 3.84. The zero-order valence-electron chi connectivity index (χ0n) is 12.6. The molecule has 0 saturated carbocycles. The summed E-state index contributed by atoms with van der Waals surface area (Å²) < 4.78 is 16.9. The Hall–Kier alpha value is -1.53. The van der Waals surface area contributed by atoms with Crippen molar-refractivity contribution in [3.05, 3.63) is 23.8 Å². The fourth-order valence-corrected chi connectivity index (χ4v) is 1.88. The smallest absolute Gasteiger partial charge is 0.487 e. The molecule has 0 spiro atoms. The number of pyridine rings is 1. The molecule has 1 aromatic heterocycles. The molecule has 20 heavy (non-hydrogen) atoms. The van der Waals surface area contributed by atoms with Crippen molar-refractivity contribution in [1.82, 2.24) is 4.98 Å². The minimum atomic E-state index is -0.372. The van der Waals surface area contributed by atoms with E-state index in [4.69, 9.17) is 19.8 Å². The number of rotatable bonds is 3. The van der Waals surface area contributed by atoms with Crippen LogP contribution in [0.5, 0.6) is 5.75 Å². The van der Waals surface area contributed by atoms with E-state index >= 15 is 0 Å². The fourth-order valence-electron chi connectivity index (χ4n) is 1.88. The van der Waals surface area contributed by atoms with Crippen molar-refractivity contribution in [3.8, 4) is 5.75 Å². The molecule has 2 rings (SSSR count). The van der Waals surface area contributed by atoms with Crippen LogP contribution in [0.25, 0.3) is 6.08 Å². The molecule has 1 fully saturated rings. The monoisotopic (exact) mass is 276 g/mol. The van der Waals surface area contributed by atoms with Crippen molar-refractivity contribution in [2.45, 2.75) is 38.9 Å². The highest BCUT2D eigenvalue weighted by Crippen LogP contribution is 2.37. The minimum absolute atomic E-state index is 0.334. The average Bonchev–Trinajstić information content (AvgIpc) is 2.57. The summed E-state index contributed by atoms with van der Waals surface area (Å²) in [6.07, 6.45) is 3.57. The van der Waals surface area contributed by atoms with Crippen molar-refractivity contribution >= 4 is 19.0 Å². The summed E-state index contributed by atoms with van der Waals surface area (Å²) in [6, 6.07) is 1.82. The summed E-state index contributed by atoms with van der Waals surface area (Å²) in [6.45, 7) is 8.09. The van der Waals surface area contributed by atoms with Gasteiger partial charge < -0.3 is 19.8 Å². The molecule has 0 radical (unpaired) electrons. The lowest BCUT2D eigenvalue weighted by atomic mass is 9.89. The molecule has 2 N–H and O–H groups in total. The summed E-state index contributed by atoms with van der Waals surface area (Å²) in [7, 11) is 1.19. The number of anilines is 1. The van der Waals surface area contributed by atoms with E-state index in [2.05, 4.69) is 4.98 Å². The van der Waals surface area contributed by atoms with Crippen LogP contribution in [-0.4, -0.2) is 30.4 Å². The quantitative estimate of drug-likeness (QED) is 0.858. The van der Waals surface area contributed by atoms with E-state index in [0.29, 0.717) is 11.6 Å². The van der Waals surface area contributed by atoms with E-state index in [1.165, 1.54) is 0 Å². The Kier molecular flexibility index (Phi) is 3.80. The van der Waals surface area contributed by atoms with Gasteiger partial charge >= 0.3 is 7.12 Å². The van der Waals surface area contributed by atoms with Crippen molar-refractivity contribution < 1.29 is 14.0 Å². The second-order valence-corrected chi connectivity index (χ2v) is 5.84. The molecule has 108 valence electrons. The van der Waals surface area contributed by atoms with Gasteiger partial charge in [-0.2, -0.15) is 0 Å². The third-order valence-electron chi connectivity index (χ3n) is 3.84. The molecule has 0 unspecified atom stereocenters. The first-order valence-corrected chi connectivity index (χ1v) is 6.58. The van der Waals surface area contributed by atoms with E-state index in [1.54, 1.807) is 13.3 Å². The molecular weight excluding hydrogens is 255 g/mol. The van der Waals surface area contributed by atoms with Crippen molar-refractivity contribution in [3.63, 3.8) is 0 Å². The normalized spacial score (nSPS) is 20.6. The molecule has 0 amide bonds. The van der Waals surface area contributed by atoms with E-state index in [9.17, 15) is 0 Å². The molecule has 5 nitrogen and oxygen atoms in total. The first-order valence-electron chi connectivity index (χ1n) is 6.58. The van der Waals surface area contributed by atoms with Crippen LogP contribution in [0.4, 0.5) is 5.82 Å². The first-order chi connectivity index (χ1) is 9.25. The van der Waals surface area contributed by atoms with Gasteiger partial charge in [0.25, 0.3) is 0 Å². The predicted molar refractivity (Wildman–Crippen MR) is 80.3 cm³/mol. The van der Waals surface area contributed by atoms with Crippen LogP contribution in [0, 0.1) is 0 Å². The Labute approximate surface area is 120 Å². The molecular formula is C14H21BN2O3. The topological polar surface area (TPSA) is 66.6 Å². The van der Waals surface area contributed by atoms with Gasteiger partial charge in [0.2, 0.25) is 0 Å². The Morgan fingerprint density at radius 2 is 1.85 bits per heavy atom. The van der Waals surface area contributed by atoms with Crippen LogP contribution >= 0.6 is 0 Å². The standard InChI is InChI=1S/C14H21BN2O3/c1-13(2)14(3,4)20-15(19-13)7-6-10-8-11(18-5)12(16)17-9-10/h6-9H,1-5H3,(H2,16,17)/b7-6+. The first kappa shape index (κ1) is 14.9. The largest absolute Gasteiger partial charge is 0.493 e. The van der Waals surface area contributed by atoms with Gasteiger partial charge in [0.1, 0.15) is 0 Å². The van der Waals surface area contributed by atoms with Gasteiger partial charge in [-0.05, 0) is 39.3 Å². The second-order valence-electron chi connectivity index (χ2n) is 5.84. The molecule has 0 bridgehead atoms. The van der Waals surface area contributed by atoms with Gasteiger partial charge in [-0.25, -0.2) is 4.98 Å². The SMILES string of the molecule is COc1cc(/C=C/B2OC(C)(C)C(C)(C)O2)cnc1N. The van der Waals surface area contributed by atoms with Crippen LogP contribution in [-0.2, 0) is 9.31 Å². The maximum absolute atomic E-state index is 5.88. The summed E-state index contributed by atoms with van der Waals surface area (Å²) in [4.78, 5) is 4.07. The summed E-state index contributed by atoms with van der Waals surface area (Å²) >= 11 is 0. The number of aromatic nitrogens is 1. The highest BCUT2D eigenvalue weighted by atomic mass is 16.7. The highest BCUT2D eigenvalue weighted by molar-refractivity contribution is 6.52. The molecule has 2 heterocycles. The molecule has 0 aromatic carbocycles. The van der Waals surface area contributed by atoms with Crippen molar-refractivity contribution in [1.29, 1.82) is 0 Å². The lowest BCUT2D eigenvalue weighted by molar-refractivity contribution is 0.00578. The van der Waals surface area contributed by atoms with E-state index in [1.807, 2.05) is 45.8 Å². The van der Waals surface area contributed by atoms with Crippen LogP contribution in [0.1, 0.15) is 33.3 Å². The number of ether oxygens (including phenoxy) is 1. The van der Waals surface area contributed by atoms with Crippen LogP contribution in [0.15, 0.2) is 18.2 Å². The van der Waals surface area contributed by atoms with Gasteiger partial charge in [0.15, 0.2) is 11.6 Å². The van der Waals surface area contributed by atoms with Gasteiger partial charge in [0.05, 0.1) is 18.3 Å². The number of nitrogens with two attached hydrogens (primary N) is 1. The fraction of sp³-hybridized carbons (Fsp3) is 0.500. The van der Waals surface area contributed by atoms with Crippen LogP contribution in [0.3, 0.4) is 0 Å². The molecule has 0 aliphatic carbocycles. The molecule has 1 aliphatic rings. The summed E-state index contributed by atoms with van der Waals surface area (Å²) in [5, 5.41) is 0. The Bertz CT molecular complexity index is 513. The Morgan fingerprint density at radius 3 is 2.40 bits per heavy atom. The van der Waals surface area contributed by atoms with E-state index in [0.717, 1.165) is 5.56 Å². The lowest BCUT2D eigenvalue weighted by Gasteiger charge is -2.32. The zero-order valence-corrected chi connectivity index (χ0v) is 12.6. The number of hydrogen-bond acceptors (Lipinski definition) is 5. The Balaban J connectivity index is 2.12. The average molecular weight is 276 g/mol. The number of nitrogen functional groups attached to an aromatic ring is 1. The molecule has 1 aromatic rings. The molecule has 1 saturated heterocycles. The minimum Gasteiger partial charge on any atom is -0.493 e. The maximum Gasteiger partial charge on any atom is 0.487 e. The van der Waals surface area contributed by atoms with Gasteiger partial charge in [-0.15, -0.1) is 0 Å². The lowest BCUT2D eigenvalue weighted by Crippen LogP contribution is -2.41. The van der Waals surface area contributed by atoms with Gasteiger partial charge in [0, 0.05) is 6.20 Å². The Morgan fingerprint density at radius 1 is 1.25 bits per heavy atom. The van der Waals surface area contributed by atoms with Crippen molar-refractivity contribution in [2.24, 2.45) is 0 Å². The maximum atomic E-state index is 5.88. The highest BCUT2D eigenvalue weighted by Gasteiger charge is 2.49. The summed E-state index contributed by atoms with van der Waals surface area (Å²) in [5.41, 5.74) is 5.89. The van der Waals surface area contributed by atoms with E-state index in [-0.39, 0.29) is 18.3 Å². The predicted octanol–water partition coefficient (Wildman–Crippen LogP) is 2.32. The zero-order chi connectivity index (χ0) is 15.0. The van der Waals surface area contributed by atoms with Crippen LogP contribution < -0.4 is 10.5 Å². The summed E-state index contributed by atoms with van der Waals surface area (Å²) in [5.74, 6) is 2.80. The number of nitrogens with zero attached hydrogens (tertiary/aromatic N) is 1. The van der Waals surface area contributed by atoms with E-state index < -0.39 is 0 Å². The van der Waals surface area contributed by atoms with Crippen molar-refractivity contribution in [2.75, 3.05) is 12.8 Å². The molecule has 0 atom stereocenters. The molecule has 1 aliphatic heterocycles. The molecule has 6 heteroatoms. The van der Waals surface area contributed by atoms with Crippen LogP contribution in [0.2, 0.25) is 0 Å².